The molecule has 1 amide bonds. The van der Waals surface area contributed by atoms with E-state index in [9.17, 15) is 4.79 Å². The molecule has 1 aromatic carbocycles. The first-order valence-electron chi connectivity index (χ1n) is 10.1. The molecule has 0 aliphatic carbocycles. The van der Waals surface area contributed by atoms with Gasteiger partial charge < -0.3 is 24.8 Å². The van der Waals surface area contributed by atoms with Crippen LogP contribution in [0.1, 0.15) is 36.7 Å². The van der Waals surface area contributed by atoms with Gasteiger partial charge in [0, 0.05) is 43.8 Å². The molecule has 8 heteroatoms. The zero-order valence-electron chi connectivity index (χ0n) is 17.7. The van der Waals surface area contributed by atoms with Crippen molar-refractivity contribution in [2.75, 3.05) is 17.3 Å². The Balaban J connectivity index is 1.76. The molecule has 7 nitrogen and oxygen atoms in total. The molecule has 31 heavy (non-hydrogen) atoms. The molecule has 0 unspecified atom stereocenters. The number of aryl methyl sites for hydroxylation is 1. The van der Waals surface area contributed by atoms with E-state index in [1.165, 1.54) is 0 Å². The molecule has 1 aliphatic heterocycles. The second kappa shape index (κ2) is 8.77. The number of aromatic nitrogens is 2. The van der Waals surface area contributed by atoms with Gasteiger partial charge in [-0.2, -0.15) is 0 Å². The number of anilines is 2. The third-order valence-electron chi connectivity index (χ3n) is 5.35. The molecule has 2 atom stereocenters. The average Bonchev–Trinajstić information content (AvgIpc) is 3.37. The average molecular weight is 436 g/mol. The fourth-order valence-corrected chi connectivity index (χ4v) is 4.19. The van der Waals surface area contributed by atoms with E-state index in [0.29, 0.717) is 23.0 Å². The standard InChI is InChI=1S/C23H25N5O2S/c1-4-20(29)25-17-9-8-16(13-19(17)30-3)28-22(15-10-12-27(2)14-15)21(26-23(28)31)18-7-5-6-11-24-18/h5-14,21-22H,4H2,1-3H3,(H,25,29)(H,26,31)/t21-,22+/m0/s1. The number of carbonyl (C=O) groups is 1. The van der Waals surface area contributed by atoms with E-state index in [1.807, 2.05) is 61.1 Å². The molecule has 1 aliphatic rings. The Hall–Kier alpha value is -3.39. The van der Waals surface area contributed by atoms with Crippen molar-refractivity contribution in [3.05, 3.63) is 72.3 Å². The summed E-state index contributed by atoms with van der Waals surface area (Å²) >= 11 is 5.75. The summed E-state index contributed by atoms with van der Waals surface area (Å²) in [6, 6.07) is 13.5. The lowest BCUT2D eigenvalue weighted by Gasteiger charge is -2.28. The number of amides is 1. The zero-order chi connectivity index (χ0) is 22.0. The number of pyridine rings is 1. The molecule has 0 radical (unpaired) electrons. The maximum absolute atomic E-state index is 11.9. The van der Waals surface area contributed by atoms with Crippen LogP contribution in [-0.4, -0.2) is 27.7 Å². The molecule has 1 saturated heterocycles. The van der Waals surface area contributed by atoms with Crippen LogP contribution in [0.5, 0.6) is 5.75 Å². The molecule has 0 bridgehead atoms. The number of hydrogen-bond donors (Lipinski definition) is 2. The summed E-state index contributed by atoms with van der Waals surface area (Å²) in [5.41, 5.74) is 3.54. The Bertz CT molecular complexity index is 1100. The lowest BCUT2D eigenvalue weighted by Crippen LogP contribution is -2.29. The lowest BCUT2D eigenvalue weighted by atomic mass is 9.98. The van der Waals surface area contributed by atoms with Crippen LogP contribution < -0.4 is 20.3 Å². The number of nitrogens with zero attached hydrogens (tertiary/aromatic N) is 3. The normalized spacial score (nSPS) is 18.0. The molecule has 160 valence electrons. The minimum atomic E-state index is -0.110. The van der Waals surface area contributed by atoms with Gasteiger partial charge in [-0.1, -0.05) is 13.0 Å². The summed E-state index contributed by atoms with van der Waals surface area (Å²) in [6.07, 6.45) is 6.30. The van der Waals surface area contributed by atoms with Crippen LogP contribution >= 0.6 is 12.2 Å². The van der Waals surface area contributed by atoms with Gasteiger partial charge in [-0.3, -0.25) is 9.78 Å². The van der Waals surface area contributed by atoms with Gasteiger partial charge >= 0.3 is 0 Å². The van der Waals surface area contributed by atoms with Crippen LogP contribution in [-0.2, 0) is 11.8 Å². The molecule has 1 fully saturated rings. The van der Waals surface area contributed by atoms with E-state index in [-0.39, 0.29) is 18.0 Å². The second-order valence-corrected chi connectivity index (χ2v) is 7.78. The highest BCUT2D eigenvalue weighted by atomic mass is 32.1. The summed E-state index contributed by atoms with van der Waals surface area (Å²) in [6.45, 7) is 1.81. The van der Waals surface area contributed by atoms with Gasteiger partial charge in [0.15, 0.2) is 5.11 Å². The van der Waals surface area contributed by atoms with Crippen molar-refractivity contribution in [3.63, 3.8) is 0 Å². The van der Waals surface area contributed by atoms with Crippen LogP contribution in [0, 0.1) is 0 Å². The quantitative estimate of drug-likeness (QED) is 0.571. The van der Waals surface area contributed by atoms with Gasteiger partial charge in [0.1, 0.15) is 5.75 Å². The molecular weight excluding hydrogens is 410 g/mol. The Morgan fingerprint density at radius 3 is 2.77 bits per heavy atom. The van der Waals surface area contributed by atoms with E-state index >= 15 is 0 Å². The third kappa shape index (κ3) is 4.11. The summed E-state index contributed by atoms with van der Waals surface area (Å²) in [5, 5.41) is 6.93. The van der Waals surface area contributed by atoms with Crippen molar-refractivity contribution in [2.24, 2.45) is 7.05 Å². The van der Waals surface area contributed by atoms with Crippen molar-refractivity contribution in [3.8, 4) is 5.75 Å². The highest BCUT2D eigenvalue weighted by Gasteiger charge is 2.41. The molecular formula is C23H25N5O2S. The fraction of sp³-hybridized carbons (Fsp3) is 0.261. The van der Waals surface area contributed by atoms with Gasteiger partial charge in [0.2, 0.25) is 5.91 Å². The predicted octanol–water partition coefficient (Wildman–Crippen LogP) is 3.95. The maximum atomic E-state index is 11.9. The first-order valence-corrected chi connectivity index (χ1v) is 10.5. The third-order valence-corrected chi connectivity index (χ3v) is 5.67. The summed E-state index contributed by atoms with van der Waals surface area (Å²) < 4.78 is 7.58. The fourth-order valence-electron chi connectivity index (χ4n) is 3.84. The zero-order valence-corrected chi connectivity index (χ0v) is 18.5. The van der Waals surface area contributed by atoms with Crippen molar-refractivity contribution >= 4 is 34.6 Å². The van der Waals surface area contributed by atoms with Crippen LogP contribution in [0.15, 0.2) is 61.1 Å². The largest absolute Gasteiger partial charge is 0.494 e. The van der Waals surface area contributed by atoms with Crippen LogP contribution in [0.25, 0.3) is 0 Å². The Morgan fingerprint density at radius 1 is 1.29 bits per heavy atom. The summed E-state index contributed by atoms with van der Waals surface area (Å²) in [4.78, 5) is 18.5. The van der Waals surface area contributed by atoms with Crippen molar-refractivity contribution in [1.82, 2.24) is 14.9 Å². The predicted molar refractivity (Wildman–Crippen MR) is 125 cm³/mol. The maximum Gasteiger partial charge on any atom is 0.224 e. The van der Waals surface area contributed by atoms with Crippen molar-refractivity contribution in [1.29, 1.82) is 0 Å². The van der Waals surface area contributed by atoms with Gasteiger partial charge in [-0.15, -0.1) is 0 Å². The molecule has 3 heterocycles. The first-order chi connectivity index (χ1) is 15.0. The number of carbonyl (C=O) groups excluding carboxylic acids is 1. The van der Waals surface area contributed by atoms with Crippen molar-refractivity contribution in [2.45, 2.75) is 25.4 Å². The van der Waals surface area contributed by atoms with Gasteiger partial charge in [0.25, 0.3) is 0 Å². The Morgan fingerprint density at radius 2 is 2.13 bits per heavy atom. The molecule has 2 aromatic heterocycles. The number of methoxy groups -OCH3 is 1. The second-order valence-electron chi connectivity index (χ2n) is 7.39. The van der Waals surface area contributed by atoms with E-state index in [4.69, 9.17) is 17.0 Å². The molecule has 0 spiro atoms. The topological polar surface area (TPSA) is 71.4 Å². The number of nitrogens with one attached hydrogen (secondary N) is 2. The number of thiocarbonyl (C=S) groups is 1. The van der Waals surface area contributed by atoms with E-state index < -0.39 is 0 Å². The molecule has 0 saturated carbocycles. The van der Waals surface area contributed by atoms with Gasteiger partial charge in [-0.25, -0.2) is 0 Å². The van der Waals surface area contributed by atoms with Gasteiger partial charge in [0.05, 0.1) is 30.6 Å². The van der Waals surface area contributed by atoms with Crippen LogP contribution in [0.4, 0.5) is 11.4 Å². The highest BCUT2D eigenvalue weighted by molar-refractivity contribution is 7.80. The molecule has 4 rings (SSSR count). The van der Waals surface area contributed by atoms with Gasteiger partial charge in [-0.05, 0) is 48.1 Å². The van der Waals surface area contributed by atoms with Crippen molar-refractivity contribution < 1.29 is 9.53 Å². The number of benzene rings is 1. The highest BCUT2D eigenvalue weighted by Crippen LogP contribution is 2.43. The summed E-state index contributed by atoms with van der Waals surface area (Å²) in [5.74, 6) is 0.511. The minimum absolute atomic E-state index is 0.0678. The van der Waals surface area contributed by atoms with E-state index in [1.54, 1.807) is 13.3 Å². The lowest BCUT2D eigenvalue weighted by molar-refractivity contribution is -0.115. The van der Waals surface area contributed by atoms with E-state index in [0.717, 1.165) is 16.9 Å². The monoisotopic (exact) mass is 435 g/mol. The smallest absolute Gasteiger partial charge is 0.224 e. The first kappa shape index (κ1) is 20.9. The Kier molecular flexibility index (Phi) is 5.90. The number of rotatable bonds is 6. The molecule has 2 N–H and O–H groups in total. The minimum Gasteiger partial charge on any atom is -0.494 e. The Labute approximate surface area is 187 Å². The van der Waals surface area contributed by atoms with Crippen LogP contribution in [0.3, 0.4) is 0 Å². The SMILES string of the molecule is CCC(=O)Nc1ccc(N2C(=S)N[C@@H](c3ccccn3)[C@H]2c2ccn(C)c2)cc1OC. The number of hydrogen-bond acceptors (Lipinski definition) is 4. The molecule has 3 aromatic rings. The van der Waals surface area contributed by atoms with E-state index in [2.05, 4.69) is 32.8 Å². The van der Waals surface area contributed by atoms with Crippen LogP contribution in [0.2, 0.25) is 0 Å². The number of ether oxygens (including phenoxy) is 1. The summed E-state index contributed by atoms with van der Waals surface area (Å²) in [7, 11) is 3.59.